The Hall–Kier alpha value is -0.500. The number of alkyl halides is 1. The van der Waals surface area contributed by atoms with Crippen LogP contribution in [-0.4, -0.2) is 12.4 Å². The second kappa shape index (κ2) is 3.58. The summed E-state index contributed by atoms with van der Waals surface area (Å²) in [6, 6.07) is 6.44. The van der Waals surface area contributed by atoms with Crippen LogP contribution in [-0.2, 0) is 5.41 Å². The number of aryl methyl sites for hydroxylation is 1. The highest BCUT2D eigenvalue weighted by atomic mass is 79.9. The van der Waals surface area contributed by atoms with E-state index in [-0.39, 0.29) is 0 Å². The van der Waals surface area contributed by atoms with Gasteiger partial charge in [-0.05, 0) is 25.8 Å². The minimum Gasteiger partial charge on any atom is -0.496 e. The maximum atomic E-state index is 5.41. The van der Waals surface area contributed by atoms with Crippen molar-refractivity contribution >= 4 is 15.9 Å². The van der Waals surface area contributed by atoms with Gasteiger partial charge in [-0.15, -0.1) is 0 Å². The number of hydrogen-bond acceptors (Lipinski definition) is 1. The Balaban J connectivity index is 2.44. The molecule has 0 spiro atoms. The fraction of sp³-hybridized carbons (Fsp3) is 0.500. The molecule has 1 saturated carbocycles. The van der Waals surface area contributed by atoms with Gasteiger partial charge in [-0.3, -0.25) is 0 Å². The minimum atomic E-state index is 0.358. The van der Waals surface area contributed by atoms with Crippen molar-refractivity contribution in [1.82, 2.24) is 0 Å². The smallest absolute Gasteiger partial charge is 0.122 e. The molecular formula is C12H15BrO. The number of hydrogen-bond donors (Lipinski definition) is 0. The SMILES string of the molecule is COc1ccc(C)cc1C1(CBr)CC1. The third kappa shape index (κ3) is 1.56. The fourth-order valence-corrected chi connectivity index (χ4v) is 2.72. The minimum absolute atomic E-state index is 0.358. The molecule has 0 bridgehead atoms. The Morgan fingerprint density at radius 2 is 2.14 bits per heavy atom. The molecule has 0 unspecified atom stereocenters. The van der Waals surface area contributed by atoms with Gasteiger partial charge in [0, 0.05) is 16.3 Å². The van der Waals surface area contributed by atoms with E-state index < -0.39 is 0 Å². The molecule has 76 valence electrons. The van der Waals surface area contributed by atoms with E-state index in [1.54, 1.807) is 7.11 Å². The van der Waals surface area contributed by atoms with Crippen molar-refractivity contribution in [3.8, 4) is 5.75 Å². The molecule has 0 radical (unpaired) electrons. The fourth-order valence-electron chi connectivity index (χ4n) is 1.86. The lowest BCUT2D eigenvalue weighted by Crippen LogP contribution is -2.10. The molecule has 0 aromatic heterocycles. The molecule has 0 heterocycles. The van der Waals surface area contributed by atoms with Gasteiger partial charge in [0.2, 0.25) is 0 Å². The number of halogens is 1. The van der Waals surface area contributed by atoms with E-state index in [0.717, 1.165) is 11.1 Å². The first-order valence-electron chi connectivity index (χ1n) is 4.93. The predicted octanol–water partition coefficient (Wildman–Crippen LogP) is 3.43. The van der Waals surface area contributed by atoms with Gasteiger partial charge in [0.1, 0.15) is 5.75 Å². The third-order valence-corrected chi connectivity index (χ3v) is 4.11. The number of methoxy groups -OCH3 is 1. The highest BCUT2D eigenvalue weighted by Crippen LogP contribution is 2.52. The molecule has 1 aromatic rings. The van der Waals surface area contributed by atoms with Gasteiger partial charge in [-0.2, -0.15) is 0 Å². The van der Waals surface area contributed by atoms with Crippen LogP contribution in [0.15, 0.2) is 18.2 Å². The molecule has 1 aliphatic rings. The normalized spacial score (nSPS) is 17.9. The standard InChI is InChI=1S/C12H15BrO/c1-9-3-4-11(14-2)10(7-9)12(8-13)5-6-12/h3-4,7H,5-6,8H2,1-2H3. The van der Waals surface area contributed by atoms with Crippen molar-refractivity contribution < 1.29 is 4.74 Å². The molecular weight excluding hydrogens is 240 g/mol. The van der Waals surface area contributed by atoms with Crippen LogP contribution < -0.4 is 4.74 Å². The van der Waals surface area contributed by atoms with E-state index in [0.29, 0.717) is 5.41 Å². The van der Waals surface area contributed by atoms with Gasteiger partial charge < -0.3 is 4.74 Å². The van der Waals surface area contributed by atoms with E-state index in [4.69, 9.17) is 4.74 Å². The van der Waals surface area contributed by atoms with Crippen molar-refractivity contribution in [3.05, 3.63) is 29.3 Å². The van der Waals surface area contributed by atoms with Crippen LogP contribution in [0.25, 0.3) is 0 Å². The molecule has 1 nitrogen and oxygen atoms in total. The Morgan fingerprint density at radius 3 is 2.64 bits per heavy atom. The average molecular weight is 255 g/mol. The summed E-state index contributed by atoms with van der Waals surface area (Å²) < 4.78 is 5.41. The van der Waals surface area contributed by atoms with Crippen molar-refractivity contribution in [1.29, 1.82) is 0 Å². The first-order chi connectivity index (χ1) is 6.72. The van der Waals surface area contributed by atoms with E-state index in [9.17, 15) is 0 Å². The van der Waals surface area contributed by atoms with Crippen molar-refractivity contribution in [2.45, 2.75) is 25.2 Å². The monoisotopic (exact) mass is 254 g/mol. The topological polar surface area (TPSA) is 9.23 Å². The first kappa shape index (κ1) is 10.0. The van der Waals surface area contributed by atoms with Crippen LogP contribution >= 0.6 is 15.9 Å². The zero-order chi connectivity index (χ0) is 10.2. The summed E-state index contributed by atoms with van der Waals surface area (Å²) in [6.45, 7) is 2.13. The Labute approximate surface area is 93.6 Å². The molecule has 0 amide bonds. The zero-order valence-electron chi connectivity index (χ0n) is 8.64. The van der Waals surface area contributed by atoms with Crippen LogP contribution in [0, 0.1) is 6.92 Å². The molecule has 1 aromatic carbocycles. The van der Waals surface area contributed by atoms with Gasteiger partial charge in [0.25, 0.3) is 0 Å². The van der Waals surface area contributed by atoms with Crippen LogP contribution in [0.5, 0.6) is 5.75 Å². The Morgan fingerprint density at radius 1 is 1.43 bits per heavy atom. The summed E-state index contributed by atoms with van der Waals surface area (Å²) in [5.41, 5.74) is 3.04. The van der Waals surface area contributed by atoms with Gasteiger partial charge in [0.15, 0.2) is 0 Å². The lowest BCUT2D eigenvalue weighted by atomic mass is 9.95. The second-order valence-electron chi connectivity index (χ2n) is 4.12. The van der Waals surface area contributed by atoms with Gasteiger partial charge >= 0.3 is 0 Å². The number of benzene rings is 1. The molecule has 2 rings (SSSR count). The predicted molar refractivity (Wildman–Crippen MR) is 62.4 cm³/mol. The zero-order valence-corrected chi connectivity index (χ0v) is 10.2. The van der Waals surface area contributed by atoms with Crippen LogP contribution in [0.1, 0.15) is 24.0 Å². The molecule has 2 heteroatoms. The van der Waals surface area contributed by atoms with E-state index >= 15 is 0 Å². The van der Waals surface area contributed by atoms with E-state index in [2.05, 4.69) is 41.1 Å². The Bertz CT molecular complexity index is 342. The highest BCUT2D eigenvalue weighted by molar-refractivity contribution is 9.09. The second-order valence-corrected chi connectivity index (χ2v) is 4.68. The van der Waals surface area contributed by atoms with Gasteiger partial charge in [0.05, 0.1) is 7.11 Å². The molecule has 0 atom stereocenters. The lowest BCUT2D eigenvalue weighted by Gasteiger charge is -2.16. The quantitative estimate of drug-likeness (QED) is 0.752. The van der Waals surface area contributed by atoms with Crippen LogP contribution in [0.3, 0.4) is 0 Å². The molecule has 0 N–H and O–H groups in total. The average Bonchev–Trinajstić information content (AvgIpc) is 2.98. The molecule has 0 saturated heterocycles. The van der Waals surface area contributed by atoms with E-state index in [1.165, 1.54) is 24.0 Å². The summed E-state index contributed by atoms with van der Waals surface area (Å²) in [4.78, 5) is 0. The van der Waals surface area contributed by atoms with Crippen molar-refractivity contribution in [3.63, 3.8) is 0 Å². The Kier molecular flexibility index (Phi) is 2.56. The molecule has 0 aliphatic heterocycles. The molecule has 1 aliphatic carbocycles. The maximum Gasteiger partial charge on any atom is 0.122 e. The highest BCUT2D eigenvalue weighted by Gasteiger charge is 2.45. The molecule has 14 heavy (non-hydrogen) atoms. The summed E-state index contributed by atoms with van der Waals surface area (Å²) in [5.74, 6) is 1.03. The molecule has 1 fully saturated rings. The summed E-state index contributed by atoms with van der Waals surface area (Å²) in [7, 11) is 1.75. The number of rotatable bonds is 3. The van der Waals surface area contributed by atoms with Crippen LogP contribution in [0.2, 0.25) is 0 Å². The van der Waals surface area contributed by atoms with Crippen LogP contribution in [0.4, 0.5) is 0 Å². The lowest BCUT2D eigenvalue weighted by molar-refractivity contribution is 0.405. The largest absolute Gasteiger partial charge is 0.496 e. The maximum absolute atomic E-state index is 5.41. The summed E-state index contributed by atoms with van der Waals surface area (Å²) in [6.07, 6.45) is 2.55. The van der Waals surface area contributed by atoms with E-state index in [1.807, 2.05) is 0 Å². The van der Waals surface area contributed by atoms with Crippen molar-refractivity contribution in [2.75, 3.05) is 12.4 Å². The summed E-state index contributed by atoms with van der Waals surface area (Å²) >= 11 is 3.60. The summed E-state index contributed by atoms with van der Waals surface area (Å²) in [5, 5.41) is 1.04. The van der Waals surface area contributed by atoms with Gasteiger partial charge in [-0.25, -0.2) is 0 Å². The number of ether oxygens (including phenoxy) is 1. The first-order valence-corrected chi connectivity index (χ1v) is 6.05. The third-order valence-electron chi connectivity index (χ3n) is 3.04. The van der Waals surface area contributed by atoms with Gasteiger partial charge in [-0.1, -0.05) is 33.6 Å². The van der Waals surface area contributed by atoms with Crippen molar-refractivity contribution in [2.24, 2.45) is 0 Å².